The van der Waals surface area contributed by atoms with E-state index in [0.717, 1.165) is 0 Å². The lowest BCUT2D eigenvalue weighted by Gasteiger charge is -2.22. The fraction of sp³-hybridized carbons (Fsp3) is 0.562. The van der Waals surface area contributed by atoms with E-state index < -0.39 is 0 Å². The first-order valence-electron chi connectivity index (χ1n) is 7.21. The number of rotatable bonds is 7. The summed E-state index contributed by atoms with van der Waals surface area (Å²) >= 11 is 0. The molecule has 1 aromatic carbocycles. The Labute approximate surface area is 126 Å². The molecule has 0 saturated carbocycles. The van der Waals surface area contributed by atoms with E-state index in [4.69, 9.17) is 4.74 Å². The zero-order chi connectivity index (χ0) is 16.0. The Kier molecular flexibility index (Phi) is 6.62. The van der Waals surface area contributed by atoms with E-state index in [1.807, 2.05) is 27.7 Å². The summed E-state index contributed by atoms with van der Waals surface area (Å²) in [6.07, 6.45) is 0. The van der Waals surface area contributed by atoms with Crippen LogP contribution in [0, 0.1) is 5.82 Å². The van der Waals surface area contributed by atoms with Crippen LogP contribution in [0.3, 0.4) is 0 Å². The normalized spacial score (nSPS) is 11.0. The number of nitrogens with zero attached hydrogens (tertiary/aromatic N) is 1. The highest BCUT2D eigenvalue weighted by Crippen LogP contribution is 2.20. The highest BCUT2D eigenvalue weighted by atomic mass is 19.1. The van der Waals surface area contributed by atoms with Crippen LogP contribution in [0.25, 0.3) is 0 Å². The molecule has 0 aliphatic heterocycles. The minimum atomic E-state index is -0.312. The van der Waals surface area contributed by atoms with Gasteiger partial charge in [0, 0.05) is 31.2 Å². The van der Waals surface area contributed by atoms with Crippen molar-refractivity contribution in [2.24, 2.45) is 0 Å². The summed E-state index contributed by atoms with van der Waals surface area (Å²) in [5.41, 5.74) is 0.712. The second-order valence-corrected chi connectivity index (χ2v) is 5.67. The molecule has 0 aromatic heterocycles. The predicted molar refractivity (Wildman–Crippen MR) is 81.8 cm³/mol. The lowest BCUT2D eigenvalue weighted by Crippen LogP contribution is -2.36. The summed E-state index contributed by atoms with van der Waals surface area (Å²) in [6, 6.07) is 4.74. The van der Waals surface area contributed by atoms with Crippen molar-refractivity contribution in [3.8, 4) is 5.75 Å². The Balaban J connectivity index is 2.71. The molecule has 0 fully saturated rings. The topological polar surface area (TPSA) is 41.6 Å². The number of halogens is 1. The molecule has 1 rings (SSSR count). The summed E-state index contributed by atoms with van der Waals surface area (Å²) < 4.78 is 18.9. The predicted octanol–water partition coefficient (Wildman–Crippen LogP) is 2.57. The van der Waals surface area contributed by atoms with Crippen LogP contribution in [-0.2, 0) is 11.3 Å². The van der Waals surface area contributed by atoms with Gasteiger partial charge in [0.15, 0.2) is 6.61 Å². The number of carbonyl (C=O) groups excluding carboxylic acids is 1. The summed E-state index contributed by atoms with van der Waals surface area (Å²) in [5.74, 6) is 0.126. The molecule has 0 atom stereocenters. The first-order chi connectivity index (χ1) is 9.81. The Morgan fingerprint density at radius 3 is 2.57 bits per heavy atom. The average Bonchev–Trinajstić information content (AvgIpc) is 2.42. The molecule has 0 spiro atoms. The van der Waals surface area contributed by atoms with Gasteiger partial charge in [0.25, 0.3) is 5.91 Å². The molecule has 5 heteroatoms. The van der Waals surface area contributed by atoms with Crippen molar-refractivity contribution in [3.05, 3.63) is 29.6 Å². The van der Waals surface area contributed by atoms with E-state index in [-0.39, 0.29) is 30.4 Å². The third-order valence-electron chi connectivity index (χ3n) is 3.24. The van der Waals surface area contributed by atoms with Crippen molar-refractivity contribution in [2.75, 3.05) is 13.7 Å². The van der Waals surface area contributed by atoms with Gasteiger partial charge in [0.1, 0.15) is 11.6 Å². The Bertz CT molecular complexity index is 475. The molecule has 21 heavy (non-hydrogen) atoms. The Morgan fingerprint density at radius 2 is 2.00 bits per heavy atom. The SMILES string of the molecule is CC(C)NCc1cc(F)ccc1OCC(=O)N(C)C(C)C. The summed E-state index contributed by atoms with van der Waals surface area (Å²) in [4.78, 5) is 13.5. The smallest absolute Gasteiger partial charge is 0.260 e. The van der Waals surface area contributed by atoms with Crippen molar-refractivity contribution in [3.63, 3.8) is 0 Å². The number of ether oxygens (including phenoxy) is 1. The van der Waals surface area contributed by atoms with E-state index in [1.165, 1.54) is 12.1 Å². The maximum Gasteiger partial charge on any atom is 0.260 e. The van der Waals surface area contributed by atoms with Gasteiger partial charge in [-0.1, -0.05) is 13.8 Å². The maximum absolute atomic E-state index is 13.3. The molecule has 0 unspecified atom stereocenters. The minimum Gasteiger partial charge on any atom is -0.483 e. The first kappa shape index (κ1) is 17.4. The van der Waals surface area contributed by atoms with Crippen LogP contribution < -0.4 is 10.1 Å². The van der Waals surface area contributed by atoms with Gasteiger partial charge in [0.2, 0.25) is 0 Å². The number of carbonyl (C=O) groups is 1. The van der Waals surface area contributed by atoms with Crippen LogP contribution in [0.4, 0.5) is 4.39 Å². The third-order valence-corrected chi connectivity index (χ3v) is 3.24. The second kappa shape index (κ2) is 7.98. The van der Waals surface area contributed by atoms with Crippen molar-refractivity contribution >= 4 is 5.91 Å². The number of amides is 1. The van der Waals surface area contributed by atoms with Gasteiger partial charge in [-0.3, -0.25) is 4.79 Å². The fourth-order valence-electron chi connectivity index (χ4n) is 1.67. The highest BCUT2D eigenvalue weighted by Gasteiger charge is 2.14. The van der Waals surface area contributed by atoms with Gasteiger partial charge >= 0.3 is 0 Å². The molecule has 0 heterocycles. The van der Waals surface area contributed by atoms with E-state index in [0.29, 0.717) is 17.9 Å². The molecule has 0 aliphatic carbocycles. The van der Waals surface area contributed by atoms with Crippen LogP contribution in [0.2, 0.25) is 0 Å². The number of likely N-dealkylation sites (N-methyl/N-ethyl adjacent to an activating group) is 1. The van der Waals surface area contributed by atoms with Crippen LogP contribution >= 0.6 is 0 Å². The number of nitrogens with one attached hydrogen (secondary N) is 1. The van der Waals surface area contributed by atoms with Gasteiger partial charge < -0.3 is 15.0 Å². The Hall–Kier alpha value is -1.62. The van der Waals surface area contributed by atoms with Crippen LogP contribution in [0.5, 0.6) is 5.75 Å². The summed E-state index contributed by atoms with van der Waals surface area (Å²) in [5, 5.41) is 3.22. The average molecular weight is 296 g/mol. The summed E-state index contributed by atoms with van der Waals surface area (Å²) in [6.45, 7) is 8.36. The van der Waals surface area contributed by atoms with Gasteiger partial charge in [-0.05, 0) is 32.0 Å². The highest BCUT2D eigenvalue weighted by molar-refractivity contribution is 5.77. The monoisotopic (exact) mass is 296 g/mol. The van der Waals surface area contributed by atoms with E-state index in [2.05, 4.69) is 5.32 Å². The molecule has 0 saturated heterocycles. The minimum absolute atomic E-state index is 0.0466. The molecule has 4 nitrogen and oxygen atoms in total. The molecule has 1 N–H and O–H groups in total. The molecule has 1 amide bonds. The third kappa shape index (κ3) is 5.71. The molecule has 118 valence electrons. The second-order valence-electron chi connectivity index (χ2n) is 5.67. The molecule has 0 bridgehead atoms. The van der Waals surface area contributed by atoms with Gasteiger partial charge in [-0.2, -0.15) is 0 Å². The van der Waals surface area contributed by atoms with Gasteiger partial charge in [0.05, 0.1) is 0 Å². The van der Waals surface area contributed by atoms with Crippen molar-refractivity contribution in [1.29, 1.82) is 0 Å². The standard InChI is InChI=1S/C16H25FN2O2/c1-11(2)18-9-13-8-14(17)6-7-15(13)21-10-16(20)19(5)12(3)4/h6-8,11-12,18H,9-10H2,1-5H3. The van der Waals surface area contributed by atoms with Crippen LogP contribution in [0.1, 0.15) is 33.3 Å². The van der Waals surface area contributed by atoms with E-state index in [9.17, 15) is 9.18 Å². The van der Waals surface area contributed by atoms with Gasteiger partial charge in [-0.25, -0.2) is 4.39 Å². The zero-order valence-corrected chi connectivity index (χ0v) is 13.4. The van der Waals surface area contributed by atoms with E-state index in [1.54, 1.807) is 18.0 Å². The molecule has 1 aromatic rings. The van der Waals surface area contributed by atoms with Crippen LogP contribution in [0.15, 0.2) is 18.2 Å². The van der Waals surface area contributed by atoms with E-state index >= 15 is 0 Å². The lowest BCUT2D eigenvalue weighted by molar-refractivity contribution is -0.133. The number of hydrogen-bond donors (Lipinski definition) is 1. The van der Waals surface area contributed by atoms with Gasteiger partial charge in [-0.15, -0.1) is 0 Å². The number of benzene rings is 1. The van der Waals surface area contributed by atoms with Crippen molar-refractivity contribution in [1.82, 2.24) is 10.2 Å². The number of hydrogen-bond acceptors (Lipinski definition) is 3. The fourth-order valence-corrected chi connectivity index (χ4v) is 1.67. The quantitative estimate of drug-likeness (QED) is 0.841. The molecular formula is C16H25FN2O2. The largest absolute Gasteiger partial charge is 0.483 e. The molecule has 0 radical (unpaired) electrons. The zero-order valence-electron chi connectivity index (χ0n) is 13.4. The summed E-state index contributed by atoms with van der Waals surface area (Å²) in [7, 11) is 1.74. The maximum atomic E-state index is 13.3. The van der Waals surface area contributed by atoms with Crippen LogP contribution in [-0.4, -0.2) is 36.5 Å². The molecular weight excluding hydrogens is 271 g/mol. The van der Waals surface area contributed by atoms with Crippen molar-refractivity contribution in [2.45, 2.75) is 46.3 Å². The molecule has 0 aliphatic rings. The Morgan fingerprint density at radius 1 is 1.33 bits per heavy atom. The lowest BCUT2D eigenvalue weighted by atomic mass is 10.2. The first-order valence-corrected chi connectivity index (χ1v) is 7.21. The van der Waals surface area contributed by atoms with Crippen molar-refractivity contribution < 1.29 is 13.9 Å².